The fourth-order valence-electron chi connectivity index (χ4n) is 1.78. The lowest BCUT2D eigenvalue weighted by Gasteiger charge is -2.23. The SMILES string of the molecule is C#CCN(CCC)c1ccc(Cl)c(CNC(C)(C)C)n1. The molecule has 20 heavy (non-hydrogen) atoms. The van der Waals surface area contributed by atoms with Gasteiger partial charge in [0.1, 0.15) is 5.82 Å². The maximum Gasteiger partial charge on any atom is 0.129 e. The van der Waals surface area contributed by atoms with Crippen molar-refractivity contribution in [1.82, 2.24) is 10.3 Å². The van der Waals surface area contributed by atoms with Crippen molar-refractivity contribution in [2.24, 2.45) is 0 Å². The van der Waals surface area contributed by atoms with Crippen LogP contribution in [0.5, 0.6) is 0 Å². The van der Waals surface area contributed by atoms with Crippen molar-refractivity contribution >= 4 is 17.4 Å². The van der Waals surface area contributed by atoms with Crippen molar-refractivity contribution in [3.63, 3.8) is 0 Å². The van der Waals surface area contributed by atoms with Crippen molar-refractivity contribution in [1.29, 1.82) is 0 Å². The number of terminal acetylenes is 1. The number of rotatable bonds is 6. The number of hydrogen-bond acceptors (Lipinski definition) is 3. The first-order chi connectivity index (χ1) is 9.37. The molecule has 1 heterocycles. The zero-order chi connectivity index (χ0) is 15.2. The second-order valence-electron chi connectivity index (χ2n) is 5.83. The molecular weight excluding hydrogens is 270 g/mol. The lowest BCUT2D eigenvalue weighted by molar-refractivity contribution is 0.421. The van der Waals surface area contributed by atoms with Crippen molar-refractivity contribution in [3.8, 4) is 12.3 Å². The molecule has 0 unspecified atom stereocenters. The average molecular weight is 294 g/mol. The molecule has 0 aromatic carbocycles. The van der Waals surface area contributed by atoms with Crippen molar-refractivity contribution in [3.05, 3.63) is 22.8 Å². The van der Waals surface area contributed by atoms with Crippen molar-refractivity contribution in [2.45, 2.75) is 46.2 Å². The maximum atomic E-state index is 6.22. The lowest BCUT2D eigenvalue weighted by Crippen LogP contribution is -2.35. The first kappa shape index (κ1) is 16.8. The molecule has 4 heteroatoms. The summed E-state index contributed by atoms with van der Waals surface area (Å²) in [5.41, 5.74) is 0.889. The van der Waals surface area contributed by atoms with Gasteiger partial charge in [0.15, 0.2) is 0 Å². The Morgan fingerprint density at radius 3 is 2.65 bits per heavy atom. The van der Waals surface area contributed by atoms with E-state index in [0.29, 0.717) is 18.1 Å². The van der Waals surface area contributed by atoms with Crippen LogP contribution in [0.15, 0.2) is 12.1 Å². The standard InChI is InChI=1S/C16H24ClN3/c1-6-10-20(11-7-2)15-9-8-13(17)14(19-15)12-18-16(3,4)5/h1,8-9,18H,7,10-12H2,2-5H3. The van der Waals surface area contributed by atoms with Gasteiger partial charge in [-0.1, -0.05) is 24.4 Å². The van der Waals surface area contributed by atoms with E-state index in [9.17, 15) is 0 Å². The molecule has 3 nitrogen and oxygen atoms in total. The molecule has 0 atom stereocenters. The smallest absolute Gasteiger partial charge is 0.129 e. The van der Waals surface area contributed by atoms with E-state index >= 15 is 0 Å². The van der Waals surface area contributed by atoms with Crippen LogP contribution in [0.3, 0.4) is 0 Å². The van der Waals surface area contributed by atoms with Gasteiger partial charge in [-0.25, -0.2) is 4.98 Å². The van der Waals surface area contributed by atoms with E-state index in [-0.39, 0.29) is 5.54 Å². The Bertz CT molecular complexity index is 472. The normalized spacial score (nSPS) is 11.2. The Morgan fingerprint density at radius 2 is 2.10 bits per heavy atom. The summed E-state index contributed by atoms with van der Waals surface area (Å²) < 4.78 is 0. The van der Waals surface area contributed by atoms with E-state index in [0.717, 1.165) is 24.5 Å². The summed E-state index contributed by atoms with van der Waals surface area (Å²) in [5, 5.41) is 4.09. The van der Waals surface area contributed by atoms with Gasteiger partial charge in [0.05, 0.1) is 17.3 Å². The first-order valence-corrected chi connectivity index (χ1v) is 7.34. The second kappa shape index (κ2) is 7.52. The van der Waals surface area contributed by atoms with Gasteiger partial charge in [-0.15, -0.1) is 6.42 Å². The van der Waals surface area contributed by atoms with Gasteiger partial charge in [-0.2, -0.15) is 0 Å². The Balaban J connectivity index is 2.91. The average Bonchev–Trinajstić information content (AvgIpc) is 2.36. The molecule has 0 amide bonds. The molecule has 0 aliphatic heterocycles. The number of aromatic nitrogens is 1. The molecule has 0 aliphatic rings. The van der Waals surface area contributed by atoms with Gasteiger partial charge in [-0.3, -0.25) is 0 Å². The van der Waals surface area contributed by atoms with Gasteiger partial charge in [0.25, 0.3) is 0 Å². The minimum Gasteiger partial charge on any atom is -0.345 e. The predicted molar refractivity (Wildman–Crippen MR) is 87.2 cm³/mol. The summed E-state index contributed by atoms with van der Waals surface area (Å²) in [6.45, 7) is 10.6. The molecule has 110 valence electrons. The van der Waals surface area contributed by atoms with Gasteiger partial charge >= 0.3 is 0 Å². The zero-order valence-electron chi connectivity index (χ0n) is 12.8. The molecule has 1 N–H and O–H groups in total. The molecule has 0 saturated heterocycles. The zero-order valence-corrected chi connectivity index (χ0v) is 13.6. The largest absolute Gasteiger partial charge is 0.345 e. The van der Waals surface area contributed by atoms with Crippen molar-refractivity contribution < 1.29 is 0 Å². The fraction of sp³-hybridized carbons (Fsp3) is 0.562. The third-order valence-corrected chi connectivity index (χ3v) is 3.13. The second-order valence-corrected chi connectivity index (χ2v) is 6.23. The van der Waals surface area contributed by atoms with Crippen LogP contribution in [0, 0.1) is 12.3 Å². The van der Waals surface area contributed by atoms with Gasteiger partial charge in [-0.05, 0) is 39.3 Å². The highest BCUT2D eigenvalue weighted by molar-refractivity contribution is 6.31. The van der Waals surface area contributed by atoms with Crippen LogP contribution in [-0.2, 0) is 6.54 Å². The summed E-state index contributed by atoms with van der Waals surface area (Å²) in [4.78, 5) is 6.74. The molecule has 0 radical (unpaired) electrons. The van der Waals surface area contributed by atoms with Crippen LogP contribution < -0.4 is 10.2 Å². The summed E-state index contributed by atoms with van der Waals surface area (Å²) >= 11 is 6.22. The molecule has 1 rings (SSSR count). The number of hydrogen-bond donors (Lipinski definition) is 1. The van der Waals surface area contributed by atoms with Crippen LogP contribution in [0.2, 0.25) is 5.02 Å². The van der Waals surface area contributed by atoms with Crippen LogP contribution in [0.25, 0.3) is 0 Å². The number of anilines is 1. The highest BCUT2D eigenvalue weighted by Crippen LogP contribution is 2.20. The first-order valence-electron chi connectivity index (χ1n) is 6.96. The summed E-state index contributed by atoms with van der Waals surface area (Å²) in [7, 11) is 0. The summed E-state index contributed by atoms with van der Waals surface area (Å²) in [6, 6.07) is 3.82. The van der Waals surface area contributed by atoms with E-state index in [2.05, 4.69) is 48.8 Å². The quantitative estimate of drug-likeness (QED) is 0.814. The summed E-state index contributed by atoms with van der Waals surface area (Å²) in [6.07, 6.45) is 6.45. The molecule has 0 fully saturated rings. The number of pyridine rings is 1. The third kappa shape index (κ3) is 5.40. The highest BCUT2D eigenvalue weighted by atomic mass is 35.5. The molecule has 0 spiro atoms. The van der Waals surface area contributed by atoms with Crippen LogP contribution in [-0.4, -0.2) is 23.6 Å². The van der Waals surface area contributed by atoms with Crippen LogP contribution in [0.1, 0.15) is 39.8 Å². The van der Waals surface area contributed by atoms with Gasteiger partial charge in [0.2, 0.25) is 0 Å². The Kier molecular flexibility index (Phi) is 6.32. The predicted octanol–water partition coefficient (Wildman–Crippen LogP) is 3.47. The number of nitrogens with one attached hydrogen (secondary N) is 1. The Labute approximate surface area is 127 Å². The topological polar surface area (TPSA) is 28.2 Å². The molecule has 0 saturated carbocycles. The van der Waals surface area contributed by atoms with E-state index in [1.165, 1.54) is 0 Å². The highest BCUT2D eigenvalue weighted by Gasteiger charge is 2.13. The molecule has 1 aromatic rings. The van der Waals surface area contributed by atoms with E-state index < -0.39 is 0 Å². The van der Waals surface area contributed by atoms with Crippen LogP contribution in [0.4, 0.5) is 5.82 Å². The molecular formula is C16H24ClN3. The van der Waals surface area contributed by atoms with E-state index in [1.54, 1.807) is 0 Å². The van der Waals surface area contributed by atoms with Gasteiger partial charge in [0, 0.05) is 18.6 Å². The maximum absolute atomic E-state index is 6.22. The summed E-state index contributed by atoms with van der Waals surface area (Å²) in [5.74, 6) is 3.57. The van der Waals surface area contributed by atoms with E-state index in [4.69, 9.17) is 18.0 Å². The molecule has 0 aliphatic carbocycles. The van der Waals surface area contributed by atoms with Gasteiger partial charge < -0.3 is 10.2 Å². The number of nitrogens with zero attached hydrogens (tertiary/aromatic N) is 2. The Morgan fingerprint density at radius 1 is 1.40 bits per heavy atom. The van der Waals surface area contributed by atoms with Crippen molar-refractivity contribution in [2.75, 3.05) is 18.0 Å². The third-order valence-electron chi connectivity index (χ3n) is 2.79. The monoisotopic (exact) mass is 293 g/mol. The minimum atomic E-state index is 0.0307. The number of halogens is 1. The Hall–Kier alpha value is -1.24. The molecule has 0 bridgehead atoms. The fourth-order valence-corrected chi connectivity index (χ4v) is 1.95. The van der Waals surface area contributed by atoms with E-state index in [1.807, 2.05) is 12.1 Å². The van der Waals surface area contributed by atoms with Crippen LogP contribution >= 0.6 is 11.6 Å². The lowest BCUT2D eigenvalue weighted by atomic mass is 10.1. The minimum absolute atomic E-state index is 0.0307. The molecule has 1 aromatic heterocycles.